The molecule has 1 aliphatic rings. The number of ether oxygens (including phenoxy) is 1. The number of piperazine rings is 1. The molecule has 0 amide bonds. The van der Waals surface area contributed by atoms with E-state index in [1.807, 2.05) is 31.2 Å². The summed E-state index contributed by atoms with van der Waals surface area (Å²) in [4.78, 5) is 17.9. The first-order valence-corrected chi connectivity index (χ1v) is 11.4. The molecule has 0 saturated carbocycles. The molecular formula is C24H29BrN2O3. The lowest BCUT2D eigenvalue weighted by Crippen LogP contribution is -2.55. The highest BCUT2D eigenvalue weighted by Gasteiger charge is 2.25. The van der Waals surface area contributed by atoms with Crippen molar-refractivity contribution in [2.24, 2.45) is 0 Å². The molecule has 0 radical (unpaired) electrons. The van der Waals surface area contributed by atoms with Crippen LogP contribution in [0.3, 0.4) is 0 Å². The highest BCUT2D eigenvalue weighted by molar-refractivity contribution is 9.10. The molecule has 1 saturated heterocycles. The number of rotatable bonds is 5. The third-order valence-electron chi connectivity index (χ3n) is 6.16. The molecule has 1 aromatic heterocycles. The molecule has 2 aromatic carbocycles. The summed E-state index contributed by atoms with van der Waals surface area (Å²) in [5.74, 6) is 0.643. The van der Waals surface area contributed by atoms with Gasteiger partial charge in [-0.25, -0.2) is 0 Å². The van der Waals surface area contributed by atoms with E-state index in [1.165, 1.54) is 0 Å². The van der Waals surface area contributed by atoms with E-state index >= 15 is 0 Å². The molecule has 0 bridgehead atoms. The topological polar surface area (TPSA) is 45.9 Å². The Morgan fingerprint density at radius 3 is 2.60 bits per heavy atom. The van der Waals surface area contributed by atoms with Gasteiger partial charge >= 0.3 is 0 Å². The summed E-state index contributed by atoms with van der Waals surface area (Å²) in [6, 6.07) is 10.5. The number of halogens is 1. The van der Waals surface area contributed by atoms with Crippen molar-refractivity contribution in [3.63, 3.8) is 0 Å². The molecule has 2 heterocycles. The van der Waals surface area contributed by atoms with Gasteiger partial charge in [0.2, 0.25) is 5.43 Å². The molecule has 0 unspecified atom stereocenters. The molecule has 1 fully saturated rings. The standard InChI is InChI=1S/C24H29BrN2O3/c1-15-10-20-23(28)19-7-6-18(25)12-21(19)30-24(20)22(11-15)29-9-5-8-27-13-16(2)26(4)17(3)14-27/h6-7,10-12,16-17H,5,8-9,13-14H2,1-4H3/t16-,17+. The van der Waals surface area contributed by atoms with Crippen LogP contribution in [0.4, 0.5) is 0 Å². The molecule has 0 N–H and O–H groups in total. The van der Waals surface area contributed by atoms with E-state index in [1.54, 1.807) is 6.07 Å². The maximum atomic E-state index is 13.0. The zero-order chi connectivity index (χ0) is 21.4. The van der Waals surface area contributed by atoms with Gasteiger partial charge in [0.25, 0.3) is 0 Å². The van der Waals surface area contributed by atoms with Gasteiger partial charge in [0.1, 0.15) is 5.58 Å². The average Bonchev–Trinajstić information content (AvgIpc) is 2.70. The van der Waals surface area contributed by atoms with Crippen LogP contribution in [0.25, 0.3) is 21.9 Å². The van der Waals surface area contributed by atoms with Crippen molar-refractivity contribution < 1.29 is 9.15 Å². The largest absolute Gasteiger partial charge is 0.490 e. The van der Waals surface area contributed by atoms with Crippen molar-refractivity contribution in [3.8, 4) is 5.75 Å². The monoisotopic (exact) mass is 472 g/mol. The van der Waals surface area contributed by atoms with Gasteiger partial charge in [0.15, 0.2) is 11.3 Å². The predicted molar refractivity (Wildman–Crippen MR) is 126 cm³/mol. The van der Waals surface area contributed by atoms with Crippen molar-refractivity contribution in [1.82, 2.24) is 9.80 Å². The second-order valence-corrected chi connectivity index (χ2v) is 9.45. The lowest BCUT2D eigenvalue weighted by molar-refractivity contribution is 0.0571. The number of hydrogen-bond acceptors (Lipinski definition) is 5. The highest BCUT2D eigenvalue weighted by atomic mass is 79.9. The first-order chi connectivity index (χ1) is 14.3. The number of fused-ring (bicyclic) bond motifs is 2. The van der Waals surface area contributed by atoms with Crippen molar-refractivity contribution in [3.05, 3.63) is 50.6 Å². The number of likely N-dealkylation sites (N-methyl/N-ethyl adjacent to an activating group) is 1. The van der Waals surface area contributed by atoms with Crippen LogP contribution in [0.5, 0.6) is 5.75 Å². The summed E-state index contributed by atoms with van der Waals surface area (Å²) < 4.78 is 13.1. The molecule has 0 aliphatic carbocycles. The van der Waals surface area contributed by atoms with Gasteiger partial charge < -0.3 is 14.1 Å². The summed E-state index contributed by atoms with van der Waals surface area (Å²) in [7, 11) is 2.20. The smallest absolute Gasteiger partial charge is 0.200 e. The zero-order valence-corrected chi connectivity index (χ0v) is 19.7. The predicted octanol–water partition coefficient (Wildman–Crippen LogP) is 4.81. The number of aryl methyl sites for hydroxylation is 1. The number of hydrogen-bond donors (Lipinski definition) is 0. The Hall–Kier alpha value is -1.89. The summed E-state index contributed by atoms with van der Waals surface area (Å²) in [5, 5.41) is 1.15. The minimum Gasteiger partial charge on any atom is -0.490 e. The zero-order valence-electron chi connectivity index (χ0n) is 18.1. The molecule has 6 heteroatoms. The summed E-state index contributed by atoms with van der Waals surface area (Å²) in [6.07, 6.45) is 0.932. The van der Waals surface area contributed by atoms with Gasteiger partial charge in [-0.05, 0) is 70.1 Å². The fraction of sp³-hybridized carbons (Fsp3) is 0.458. The SMILES string of the molecule is Cc1cc(OCCCN2C[C@@H](C)N(C)[C@@H](C)C2)c2oc3cc(Br)ccc3c(=O)c2c1. The van der Waals surface area contributed by atoms with E-state index < -0.39 is 0 Å². The quantitative estimate of drug-likeness (QED) is 0.393. The third-order valence-corrected chi connectivity index (χ3v) is 6.65. The lowest BCUT2D eigenvalue weighted by atomic mass is 10.1. The van der Waals surface area contributed by atoms with E-state index in [-0.39, 0.29) is 5.43 Å². The molecule has 2 atom stereocenters. The molecule has 3 aromatic rings. The highest BCUT2D eigenvalue weighted by Crippen LogP contribution is 2.30. The lowest BCUT2D eigenvalue weighted by Gasteiger charge is -2.42. The van der Waals surface area contributed by atoms with Crippen LogP contribution >= 0.6 is 15.9 Å². The van der Waals surface area contributed by atoms with Gasteiger partial charge in [-0.1, -0.05) is 15.9 Å². The van der Waals surface area contributed by atoms with Crippen LogP contribution < -0.4 is 10.2 Å². The van der Waals surface area contributed by atoms with Gasteiger partial charge in [-0.3, -0.25) is 9.69 Å². The van der Waals surface area contributed by atoms with E-state index in [0.717, 1.165) is 36.1 Å². The molecule has 160 valence electrons. The minimum absolute atomic E-state index is 0.0206. The van der Waals surface area contributed by atoms with Crippen LogP contribution in [0.2, 0.25) is 0 Å². The Morgan fingerprint density at radius 1 is 1.13 bits per heavy atom. The molecule has 30 heavy (non-hydrogen) atoms. The van der Waals surface area contributed by atoms with E-state index in [0.29, 0.717) is 46.4 Å². The molecule has 5 nitrogen and oxygen atoms in total. The Morgan fingerprint density at radius 2 is 1.87 bits per heavy atom. The summed E-state index contributed by atoms with van der Waals surface area (Å²) in [5.41, 5.74) is 2.06. The summed E-state index contributed by atoms with van der Waals surface area (Å²) >= 11 is 3.45. The number of nitrogens with zero attached hydrogens (tertiary/aromatic N) is 2. The molecule has 4 rings (SSSR count). The fourth-order valence-corrected chi connectivity index (χ4v) is 4.65. The van der Waals surface area contributed by atoms with Crippen LogP contribution in [-0.4, -0.2) is 55.2 Å². The molecule has 0 spiro atoms. The molecular weight excluding hydrogens is 444 g/mol. The second kappa shape index (κ2) is 8.69. The van der Waals surface area contributed by atoms with E-state index in [2.05, 4.69) is 46.6 Å². The second-order valence-electron chi connectivity index (χ2n) is 8.54. The Bertz CT molecular complexity index is 1110. The van der Waals surface area contributed by atoms with Crippen LogP contribution in [0.1, 0.15) is 25.8 Å². The number of benzene rings is 2. The fourth-order valence-electron chi connectivity index (χ4n) is 4.31. The maximum Gasteiger partial charge on any atom is 0.200 e. The Kier molecular flexibility index (Phi) is 6.19. The first-order valence-electron chi connectivity index (χ1n) is 10.6. The van der Waals surface area contributed by atoms with Crippen LogP contribution in [-0.2, 0) is 0 Å². The Balaban J connectivity index is 1.51. The van der Waals surface area contributed by atoms with E-state index in [9.17, 15) is 4.79 Å². The first kappa shape index (κ1) is 21.3. The Labute approximate surface area is 185 Å². The normalized spacial score (nSPS) is 20.8. The summed E-state index contributed by atoms with van der Waals surface area (Å²) in [6.45, 7) is 10.3. The molecule has 1 aliphatic heterocycles. The van der Waals surface area contributed by atoms with Gasteiger partial charge in [-0.2, -0.15) is 0 Å². The van der Waals surface area contributed by atoms with Crippen molar-refractivity contribution in [1.29, 1.82) is 0 Å². The average molecular weight is 473 g/mol. The third kappa shape index (κ3) is 4.27. The van der Waals surface area contributed by atoms with Gasteiger partial charge in [-0.15, -0.1) is 0 Å². The van der Waals surface area contributed by atoms with Gasteiger partial charge in [0, 0.05) is 36.2 Å². The maximum absolute atomic E-state index is 13.0. The van der Waals surface area contributed by atoms with Crippen LogP contribution in [0.15, 0.2) is 44.0 Å². The minimum atomic E-state index is -0.0206. The van der Waals surface area contributed by atoms with Gasteiger partial charge in [0.05, 0.1) is 17.4 Å². The van der Waals surface area contributed by atoms with Crippen molar-refractivity contribution in [2.75, 3.05) is 33.3 Å². The van der Waals surface area contributed by atoms with Crippen molar-refractivity contribution in [2.45, 2.75) is 39.3 Å². The van der Waals surface area contributed by atoms with Crippen molar-refractivity contribution >= 4 is 37.9 Å². The van der Waals surface area contributed by atoms with Crippen LogP contribution in [0, 0.1) is 6.92 Å². The van der Waals surface area contributed by atoms with E-state index in [4.69, 9.17) is 9.15 Å².